The van der Waals surface area contributed by atoms with E-state index in [0.29, 0.717) is 10.8 Å². The SMILES string of the molecule is O=C(Nc1nccs1)c1cc2nc(C3CC3)cc(C(F)F)n2n1. The van der Waals surface area contributed by atoms with Crippen molar-refractivity contribution in [1.82, 2.24) is 19.6 Å². The van der Waals surface area contributed by atoms with Crippen LogP contribution in [-0.4, -0.2) is 25.5 Å². The summed E-state index contributed by atoms with van der Waals surface area (Å²) in [5.74, 6) is -0.265. The first-order valence-electron chi connectivity index (χ1n) is 7.01. The second-order valence-corrected chi connectivity index (χ2v) is 6.17. The van der Waals surface area contributed by atoms with Gasteiger partial charge in [-0.1, -0.05) is 0 Å². The summed E-state index contributed by atoms with van der Waals surface area (Å²) in [7, 11) is 0. The van der Waals surface area contributed by atoms with Crippen molar-refractivity contribution in [2.45, 2.75) is 25.2 Å². The number of alkyl halides is 2. The van der Waals surface area contributed by atoms with Crippen LogP contribution in [0.15, 0.2) is 23.7 Å². The Morgan fingerprint density at radius 1 is 1.39 bits per heavy atom. The molecule has 9 heteroatoms. The van der Waals surface area contributed by atoms with E-state index in [4.69, 9.17) is 0 Å². The summed E-state index contributed by atoms with van der Waals surface area (Å²) in [6.07, 6.45) is 0.782. The van der Waals surface area contributed by atoms with Gasteiger partial charge in [-0.05, 0) is 18.9 Å². The van der Waals surface area contributed by atoms with E-state index in [1.54, 1.807) is 11.6 Å². The van der Waals surface area contributed by atoms with Crippen molar-refractivity contribution in [1.29, 1.82) is 0 Å². The molecule has 1 N–H and O–H groups in total. The molecule has 0 atom stereocenters. The van der Waals surface area contributed by atoms with Gasteiger partial charge in [-0.3, -0.25) is 10.1 Å². The lowest BCUT2D eigenvalue weighted by Gasteiger charge is -2.06. The van der Waals surface area contributed by atoms with Gasteiger partial charge in [-0.15, -0.1) is 11.3 Å². The average molecular weight is 335 g/mol. The Morgan fingerprint density at radius 3 is 2.87 bits per heavy atom. The summed E-state index contributed by atoms with van der Waals surface area (Å²) in [6, 6.07) is 2.80. The zero-order valence-electron chi connectivity index (χ0n) is 11.7. The Morgan fingerprint density at radius 2 is 2.22 bits per heavy atom. The number of hydrogen-bond acceptors (Lipinski definition) is 5. The number of amides is 1. The zero-order valence-corrected chi connectivity index (χ0v) is 12.6. The fraction of sp³-hybridized carbons (Fsp3) is 0.286. The maximum atomic E-state index is 13.3. The number of carbonyl (C=O) groups is 1. The molecule has 1 amide bonds. The largest absolute Gasteiger partial charge is 0.296 e. The van der Waals surface area contributed by atoms with Crippen molar-refractivity contribution in [2.75, 3.05) is 5.32 Å². The van der Waals surface area contributed by atoms with Crippen LogP contribution < -0.4 is 5.32 Å². The second kappa shape index (κ2) is 5.34. The van der Waals surface area contributed by atoms with Crippen LogP contribution in [0, 0.1) is 0 Å². The summed E-state index contributed by atoms with van der Waals surface area (Å²) in [6.45, 7) is 0. The number of halogens is 2. The molecule has 23 heavy (non-hydrogen) atoms. The maximum absolute atomic E-state index is 13.3. The number of rotatable bonds is 4. The van der Waals surface area contributed by atoms with Crippen molar-refractivity contribution in [3.63, 3.8) is 0 Å². The first-order chi connectivity index (χ1) is 11.1. The molecule has 0 spiro atoms. The van der Waals surface area contributed by atoms with Gasteiger partial charge in [0.15, 0.2) is 16.5 Å². The average Bonchev–Trinajstić information content (AvgIpc) is 3.07. The minimum absolute atomic E-state index is 0.0301. The van der Waals surface area contributed by atoms with Crippen LogP contribution in [-0.2, 0) is 0 Å². The smallest absolute Gasteiger partial charge is 0.280 e. The van der Waals surface area contributed by atoms with Crippen LogP contribution in [0.4, 0.5) is 13.9 Å². The van der Waals surface area contributed by atoms with E-state index < -0.39 is 12.3 Å². The molecule has 0 saturated heterocycles. The number of nitrogens with zero attached hydrogens (tertiary/aromatic N) is 4. The fourth-order valence-electron chi connectivity index (χ4n) is 2.32. The Bertz CT molecular complexity index is 873. The molecule has 0 unspecified atom stereocenters. The number of nitrogens with one attached hydrogen (secondary N) is 1. The Hall–Kier alpha value is -2.42. The quantitative estimate of drug-likeness (QED) is 0.794. The summed E-state index contributed by atoms with van der Waals surface area (Å²) in [5, 5.41) is 8.69. The lowest BCUT2D eigenvalue weighted by molar-refractivity contribution is 0.102. The molecule has 118 valence electrons. The van der Waals surface area contributed by atoms with Gasteiger partial charge >= 0.3 is 0 Å². The van der Waals surface area contributed by atoms with Crippen molar-refractivity contribution >= 4 is 28.0 Å². The zero-order chi connectivity index (χ0) is 16.0. The molecule has 1 aliphatic carbocycles. The Balaban J connectivity index is 1.74. The molecular formula is C14H11F2N5OS. The van der Waals surface area contributed by atoms with E-state index in [1.807, 2.05) is 0 Å². The summed E-state index contributed by atoms with van der Waals surface area (Å²) in [4.78, 5) is 20.5. The van der Waals surface area contributed by atoms with Gasteiger partial charge in [-0.2, -0.15) is 5.10 Å². The highest BCUT2D eigenvalue weighted by atomic mass is 32.1. The molecular weight excluding hydrogens is 324 g/mol. The third-order valence-corrected chi connectivity index (χ3v) is 4.27. The highest BCUT2D eigenvalue weighted by molar-refractivity contribution is 7.13. The topological polar surface area (TPSA) is 72.2 Å². The molecule has 6 nitrogen and oxygen atoms in total. The first kappa shape index (κ1) is 14.2. The number of carbonyl (C=O) groups excluding carboxylic acids is 1. The standard InChI is InChI=1S/C14H11F2N5OS/c15-12(16)10-5-8(7-1-2-7)18-11-6-9(20-21(10)11)13(22)19-14-17-3-4-23-14/h3-7,12H,1-2H2,(H,17,19,22). The lowest BCUT2D eigenvalue weighted by Crippen LogP contribution is -2.12. The molecule has 4 rings (SSSR count). The third kappa shape index (κ3) is 2.67. The van der Waals surface area contributed by atoms with Crippen molar-refractivity contribution in [3.05, 3.63) is 40.8 Å². The second-order valence-electron chi connectivity index (χ2n) is 5.27. The van der Waals surface area contributed by atoms with Crippen LogP contribution in [0.3, 0.4) is 0 Å². The minimum Gasteiger partial charge on any atom is -0.296 e. The van der Waals surface area contributed by atoms with Crippen molar-refractivity contribution in [2.24, 2.45) is 0 Å². The predicted molar refractivity (Wildman–Crippen MR) is 80.0 cm³/mol. The highest BCUT2D eigenvalue weighted by Crippen LogP contribution is 2.40. The van der Waals surface area contributed by atoms with Gasteiger partial charge in [0.05, 0.1) is 0 Å². The summed E-state index contributed by atoms with van der Waals surface area (Å²) in [5.41, 5.74) is 0.682. The van der Waals surface area contributed by atoms with Crippen LogP contribution in [0.5, 0.6) is 0 Å². The minimum atomic E-state index is -2.69. The van der Waals surface area contributed by atoms with Crippen LogP contribution in [0.25, 0.3) is 5.65 Å². The van der Waals surface area contributed by atoms with E-state index in [9.17, 15) is 13.6 Å². The van der Waals surface area contributed by atoms with Crippen LogP contribution >= 0.6 is 11.3 Å². The van der Waals surface area contributed by atoms with Gasteiger partial charge in [0, 0.05) is 29.3 Å². The molecule has 0 aliphatic heterocycles. The fourth-order valence-corrected chi connectivity index (χ4v) is 2.84. The number of aromatic nitrogens is 4. The monoisotopic (exact) mass is 335 g/mol. The van der Waals surface area contributed by atoms with E-state index in [1.165, 1.54) is 23.5 Å². The predicted octanol–water partition coefficient (Wildman–Crippen LogP) is 3.25. The van der Waals surface area contributed by atoms with E-state index in [2.05, 4.69) is 20.4 Å². The molecule has 1 saturated carbocycles. The Labute approximate surface area is 133 Å². The normalized spacial score (nSPS) is 14.6. The molecule has 0 bridgehead atoms. The third-order valence-electron chi connectivity index (χ3n) is 3.58. The maximum Gasteiger partial charge on any atom is 0.280 e. The number of thiazole rings is 1. The molecule has 3 aromatic heterocycles. The number of anilines is 1. The van der Waals surface area contributed by atoms with Gasteiger partial charge in [0.2, 0.25) is 0 Å². The first-order valence-corrected chi connectivity index (χ1v) is 7.89. The number of hydrogen-bond donors (Lipinski definition) is 1. The van der Waals surface area contributed by atoms with Crippen molar-refractivity contribution in [3.8, 4) is 0 Å². The van der Waals surface area contributed by atoms with Crippen LogP contribution in [0.1, 0.15) is 47.1 Å². The highest BCUT2D eigenvalue weighted by Gasteiger charge is 2.28. The van der Waals surface area contributed by atoms with Gasteiger partial charge in [0.1, 0.15) is 5.69 Å². The lowest BCUT2D eigenvalue weighted by atomic mass is 10.2. The molecule has 0 radical (unpaired) electrons. The van der Waals surface area contributed by atoms with Gasteiger partial charge in [-0.25, -0.2) is 23.3 Å². The molecule has 1 aliphatic rings. The summed E-state index contributed by atoms with van der Waals surface area (Å²) >= 11 is 1.26. The molecule has 3 aromatic rings. The van der Waals surface area contributed by atoms with E-state index in [-0.39, 0.29) is 23.0 Å². The molecule has 1 fully saturated rings. The summed E-state index contributed by atoms with van der Waals surface area (Å²) < 4.78 is 27.6. The van der Waals surface area contributed by atoms with E-state index in [0.717, 1.165) is 17.4 Å². The van der Waals surface area contributed by atoms with Gasteiger partial charge in [0.25, 0.3) is 12.3 Å². The van der Waals surface area contributed by atoms with E-state index >= 15 is 0 Å². The number of fused-ring (bicyclic) bond motifs is 1. The van der Waals surface area contributed by atoms with Crippen LogP contribution in [0.2, 0.25) is 0 Å². The Kier molecular flexibility index (Phi) is 3.29. The van der Waals surface area contributed by atoms with Crippen molar-refractivity contribution < 1.29 is 13.6 Å². The molecule has 0 aromatic carbocycles. The molecule has 3 heterocycles. The van der Waals surface area contributed by atoms with Gasteiger partial charge < -0.3 is 0 Å².